The van der Waals surface area contributed by atoms with Gasteiger partial charge in [0.1, 0.15) is 11.5 Å². The second-order valence-electron chi connectivity index (χ2n) is 9.74. The van der Waals surface area contributed by atoms with Crippen LogP contribution in [-0.2, 0) is 16.0 Å². The van der Waals surface area contributed by atoms with Crippen molar-refractivity contribution in [2.45, 2.75) is 69.6 Å². The number of carboxylic acid groups (broad SMARTS) is 1. The summed E-state index contributed by atoms with van der Waals surface area (Å²) >= 11 is 0. The number of ether oxygens (including phenoxy) is 1. The van der Waals surface area contributed by atoms with Gasteiger partial charge in [0.05, 0.1) is 18.8 Å². The summed E-state index contributed by atoms with van der Waals surface area (Å²) in [5.74, 6) is 0.150. The summed E-state index contributed by atoms with van der Waals surface area (Å²) in [6, 6.07) is 5.51. The topological polar surface area (TPSA) is 105 Å². The van der Waals surface area contributed by atoms with Crippen LogP contribution in [-0.4, -0.2) is 54.8 Å². The van der Waals surface area contributed by atoms with Crippen LogP contribution >= 0.6 is 0 Å². The monoisotopic (exact) mass is 443 g/mol. The van der Waals surface area contributed by atoms with Gasteiger partial charge in [0.25, 0.3) is 0 Å². The van der Waals surface area contributed by atoms with Crippen molar-refractivity contribution in [2.75, 3.05) is 19.8 Å². The molecule has 0 spiro atoms. The average Bonchev–Trinajstić information content (AvgIpc) is 2.73. The van der Waals surface area contributed by atoms with Crippen LogP contribution in [0.2, 0.25) is 5.82 Å². The van der Waals surface area contributed by atoms with E-state index in [1.165, 1.54) is 18.9 Å². The molecule has 8 heteroatoms. The molecule has 174 valence electrons. The Morgan fingerprint density at radius 1 is 1.09 bits per heavy atom. The molecule has 1 saturated heterocycles. The van der Waals surface area contributed by atoms with Crippen molar-refractivity contribution < 1.29 is 29.1 Å². The zero-order valence-electron chi connectivity index (χ0n) is 18.6. The van der Waals surface area contributed by atoms with E-state index in [-0.39, 0.29) is 29.3 Å². The summed E-state index contributed by atoms with van der Waals surface area (Å²) < 4.78 is 10.7. The smallest absolute Gasteiger partial charge is 0.526 e. The molecule has 7 nitrogen and oxygen atoms in total. The number of nitrogens with one attached hydrogen (secondary N) is 1. The van der Waals surface area contributed by atoms with Crippen LogP contribution in [0.15, 0.2) is 18.2 Å². The SMILES string of the molecule is O=C(CC1CCC(NCCCC2COC2)CC1)C[C@H]1Cc2cccc(C(=O)O)c2OB1O. The Kier molecular flexibility index (Phi) is 7.86. The maximum Gasteiger partial charge on any atom is 0.526 e. The van der Waals surface area contributed by atoms with Crippen LogP contribution in [0, 0.1) is 11.8 Å². The predicted molar refractivity (Wildman–Crippen MR) is 121 cm³/mol. The molecular weight excluding hydrogens is 409 g/mol. The lowest BCUT2D eigenvalue weighted by Crippen LogP contribution is -2.36. The Bertz CT molecular complexity index is 806. The van der Waals surface area contributed by atoms with Crippen LogP contribution in [0.1, 0.15) is 67.3 Å². The van der Waals surface area contributed by atoms with Crippen molar-refractivity contribution in [3.63, 3.8) is 0 Å². The van der Waals surface area contributed by atoms with E-state index in [2.05, 4.69) is 5.32 Å². The summed E-state index contributed by atoms with van der Waals surface area (Å²) in [7, 11) is -1.15. The first-order valence-corrected chi connectivity index (χ1v) is 12.0. The minimum Gasteiger partial charge on any atom is -0.535 e. The van der Waals surface area contributed by atoms with E-state index < -0.39 is 13.1 Å². The van der Waals surface area contributed by atoms with Gasteiger partial charge in [0.2, 0.25) is 0 Å². The van der Waals surface area contributed by atoms with Gasteiger partial charge in [-0.3, -0.25) is 4.79 Å². The summed E-state index contributed by atoms with van der Waals surface area (Å²) in [5, 5.41) is 23.4. The minimum atomic E-state index is -1.15. The molecule has 0 bridgehead atoms. The highest BCUT2D eigenvalue weighted by Gasteiger charge is 2.38. The first-order chi connectivity index (χ1) is 15.5. The fourth-order valence-corrected chi connectivity index (χ4v) is 5.24. The molecule has 0 unspecified atom stereocenters. The highest BCUT2D eigenvalue weighted by molar-refractivity contribution is 6.47. The number of carbonyl (C=O) groups is 2. The van der Waals surface area contributed by atoms with Crippen molar-refractivity contribution in [2.24, 2.45) is 11.8 Å². The van der Waals surface area contributed by atoms with Gasteiger partial charge in [-0.2, -0.15) is 0 Å². The number of ketones is 1. The Labute approximate surface area is 190 Å². The molecule has 2 aliphatic heterocycles. The molecule has 1 atom stereocenters. The van der Waals surface area contributed by atoms with Gasteiger partial charge >= 0.3 is 13.1 Å². The van der Waals surface area contributed by atoms with Crippen LogP contribution in [0.25, 0.3) is 0 Å². The molecule has 1 aromatic carbocycles. The van der Waals surface area contributed by atoms with Gasteiger partial charge in [-0.25, -0.2) is 4.79 Å². The van der Waals surface area contributed by atoms with Crippen molar-refractivity contribution >= 4 is 18.9 Å². The summed E-state index contributed by atoms with van der Waals surface area (Å²) in [4.78, 5) is 24.1. The average molecular weight is 443 g/mol. The second kappa shape index (κ2) is 10.8. The Balaban J connectivity index is 1.17. The van der Waals surface area contributed by atoms with Crippen molar-refractivity contribution in [3.05, 3.63) is 29.3 Å². The maximum absolute atomic E-state index is 12.7. The van der Waals surface area contributed by atoms with Gasteiger partial charge in [0.15, 0.2) is 0 Å². The van der Waals surface area contributed by atoms with Crippen molar-refractivity contribution in [1.82, 2.24) is 5.32 Å². The van der Waals surface area contributed by atoms with Crippen LogP contribution in [0.5, 0.6) is 5.75 Å². The standard InChI is InChI=1S/C24H34BNO6/c27-21(11-16-6-8-20(9-7-16)26-10-2-3-17-14-31-15-17)13-19-12-18-4-1-5-22(24(28)29)23(18)32-25(19)30/h1,4-5,16-17,19-20,26,30H,2-3,6-15H2,(H,28,29)/t16?,19-,20?/m1/s1. The minimum absolute atomic E-state index is 0.0498. The lowest BCUT2D eigenvalue weighted by atomic mass is 9.64. The van der Waals surface area contributed by atoms with E-state index in [0.717, 1.165) is 56.9 Å². The van der Waals surface area contributed by atoms with E-state index in [4.69, 9.17) is 9.39 Å². The number of hydrogen-bond donors (Lipinski definition) is 3. The van der Waals surface area contributed by atoms with Gasteiger partial charge < -0.3 is 24.8 Å². The van der Waals surface area contributed by atoms with Crippen molar-refractivity contribution in [1.29, 1.82) is 0 Å². The predicted octanol–water partition coefficient (Wildman–Crippen LogP) is 3.09. The number of fused-ring (bicyclic) bond motifs is 1. The third-order valence-corrected chi connectivity index (χ3v) is 7.23. The molecule has 0 radical (unpaired) electrons. The molecule has 3 aliphatic rings. The van der Waals surface area contributed by atoms with Gasteiger partial charge in [0, 0.05) is 30.6 Å². The normalized spacial score (nSPS) is 25.5. The fraction of sp³-hybridized carbons (Fsp3) is 0.667. The fourth-order valence-electron chi connectivity index (χ4n) is 5.24. The number of aromatic carboxylic acids is 1. The van der Waals surface area contributed by atoms with E-state index in [1.807, 2.05) is 0 Å². The number of para-hydroxylation sites is 1. The van der Waals surface area contributed by atoms with Gasteiger partial charge in [-0.15, -0.1) is 0 Å². The molecule has 2 fully saturated rings. The lowest BCUT2D eigenvalue weighted by molar-refractivity contribution is -0.120. The first kappa shape index (κ1) is 23.3. The molecule has 4 rings (SSSR count). The number of hydrogen-bond acceptors (Lipinski definition) is 6. The van der Waals surface area contributed by atoms with E-state index in [0.29, 0.717) is 24.8 Å². The number of benzene rings is 1. The molecular formula is C24H34BNO6. The molecule has 1 aromatic rings. The zero-order chi connectivity index (χ0) is 22.5. The summed E-state index contributed by atoms with van der Waals surface area (Å²) in [6.07, 6.45) is 8.08. The molecule has 1 saturated carbocycles. The first-order valence-electron chi connectivity index (χ1n) is 12.0. The highest BCUT2D eigenvalue weighted by Crippen LogP contribution is 2.37. The van der Waals surface area contributed by atoms with Gasteiger partial charge in [-0.05, 0) is 69.0 Å². The van der Waals surface area contributed by atoms with Crippen LogP contribution in [0.4, 0.5) is 0 Å². The molecule has 1 aliphatic carbocycles. The number of Topliss-reactive ketones (excluding diaryl/α,β-unsaturated/α-hetero) is 1. The van der Waals surface area contributed by atoms with Gasteiger partial charge in [-0.1, -0.05) is 12.1 Å². The molecule has 2 heterocycles. The molecule has 0 amide bonds. The van der Waals surface area contributed by atoms with E-state index in [1.54, 1.807) is 12.1 Å². The molecule has 3 N–H and O–H groups in total. The Hall–Kier alpha value is -1.90. The maximum atomic E-state index is 12.7. The highest BCUT2D eigenvalue weighted by atomic mass is 16.5. The number of carbonyl (C=O) groups excluding carboxylic acids is 1. The second-order valence-corrected chi connectivity index (χ2v) is 9.74. The third-order valence-electron chi connectivity index (χ3n) is 7.23. The number of rotatable bonds is 10. The zero-order valence-corrected chi connectivity index (χ0v) is 18.6. The van der Waals surface area contributed by atoms with Crippen molar-refractivity contribution in [3.8, 4) is 5.75 Å². The third kappa shape index (κ3) is 5.91. The lowest BCUT2D eigenvalue weighted by Gasteiger charge is -2.31. The number of carboxylic acids is 1. The van der Waals surface area contributed by atoms with E-state index >= 15 is 0 Å². The van der Waals surface area contributed by atoms with E-state index in [9.17, 15) is 19.7 Å². The Morgan fingerprint density at radius 2 is 1.88 bits per heavy atom. The molecule has 0 aromatic heterocycles. The van der Waals surface area contributed by atoms with Crippen LogP contribution < -0.4 is 9.97 Å². The Morgan fingerprint density at radius 3 is 2.56 bits per heavy atom. The largest absolute Gasteiger partial charge is 0.535 e. The van der Waals surface area contributed by atoms with Crippen LogP contribution in [0.3, 0.4) is 0 Å². The summed E-state index contributed by atoms with van der Waals surface area (Å²) in [5.41, 5.74) is 0.790. The summed E-state index contributed by atoms with van der Waals surface area (Å²) in [6.45, 7) is 2.92. The quantitative estimate of drug-likeness (QED) is 0.377. The molecule has 32 heavy (non-hydrogen) atoms.